The zero-order chi connectivity index (χ0) is 14.7. The van der Waals surface area contributed by atoms with Crippen LogP contribution in [0.2, 0.25) is 0 Å². The van der Waals surface area contributed by atoms with Crippen LogP contribution in [0.5, 0.6) is 0 Å². The van der Waals surface area contributed by atoms with Crippen LogP contribution in [-0.4, -0.2) is 40.0 Å². The first-order valence-electron chi connectivity index (χ1n) is 6.68. The number of benzene rings is 1. The van der Waals surface area contributed by atoms with E-state index in [9.17, 15) is 9.59 Å². The van der Waals surface area contributed by atoms with Gasteiger partial charge in [-0.25, -0.2) is 0 Å². The van der Waals surface area contributed by atoms with Crippen LogP contribution < -0.4 is 5.32 Å². The summed E-state index contributed by atoms with van der Waals surface area (Å²) in [5.74, 6) is 0.549. The molecule has 1 aromatic heterocycles. The number of amides is 1. The number of aromatic nitrogens is 2. The van der Waals surface area contributed by atoms with Crippen molar-refractivity contribution in [1.82, 2.24) is 15.1 Å². The normalized spacial score (nSPS) is 17.0. The lowest BCUT2D eigenvalue weighted by molar-refractivity contribution is 0.0518. The van der Waals surface area contributed by atoms with E-state index < -0.39 is 0 Å². The summed E-state index contributed by atoms with van der Waals surface area (Å²) < 4.78 is 0. The van der Waals surface area contributed by atoms with E-state index in [0.29, 0.717) is 23.5 Å². The zero-order valence-corrected chi connectivity index (χ0v) is 11.3. The molecule has 0 bridgehead atoms. The Balaban J connectivity index is 1.71. The maximum atomic E-state index is 12.4. The molecule has 1 N–H and O–H groups in total. The summed E-state index contributed by atoms with van der Waals surface area (Å²) in [5, 5.41) is 10.9. The molecule has 1 aromatic carbocycles. The van der Waals surface area contributed by atoms with Crippen LogP contribution in [0.15, 0.2) is 42.6 Å². The number of nitrogens with zero attached hydrogens (tertiary/aromatic N) is 3. The van der Waals surface area contributed by atoms with Crippen molar-refractivity contribution in [3.05, 3.63) is 53.7 Å². The molecule has 0 saturated carbocycles. The zero-order valence-electron chi connectivity index (χ0n) is 11.3. The summed E-state index contributed by atoms with van der Waals surface area (Å²) in [6.45, 7) is 0.683. The maximum Gasteiger partial charge on any atom is 0.255 e. The predicted molar refractivity (Wildman–Crippen MR) is 76.9 cm³/mol. The first kappa shape index (κ1) is 13.2. The van der Waals surface area contributed by atoms with Gasteiger partial charge in [-0.1, -0.05) is 12.1 Å². The van der Waals surface area contributed by atoms with Crippen molar-refractivity contribution in [3.8, 4) is 0 Å². The van der Waals surface area contributed by atoms with Gasteiger partial charge in [-0.2, -0.15) is 5.10 Å². The highest BCUT2D eigenvalue weighted by atomic mass is 16.2. The highest BCUT2D eigenvalue weighted by molar-refractivity contribution is 5.96. The second-order valence-corrected chi connectivity index (χ2v) is 4.80. The lowest BCUT2D eigenvalue weighted by Gasteiger charge is -2.41. The van der Waals surface area contributed by atoms with E-state index in [1.165, 1.54) is 0 Å². The van der Waals surface area contributed by atoms with Crippen LogP contribution >= 0.6 is 0 Å². The van der Waals surface area contributed by atoms with Gasteiger partial charge in [-0.15, -0.1) is 5.10 Å². The summed E-state index contributed by atoms with van der Waals surface area (Å²) in [6, 6.07) is 10.3. The minimum Gasteiger partial charge on any atom is -0.348 e. The van der Waals surface area contributed by atoms with Crippen molar-refractivity contribution in [2.45, 2.75) is 12.6 Å². The molecule has 1 amide bonds. The number of anilines is 1. The van der Waals surface area contributed by atoms with E-state index in [1.807, 2.05) is 0 Å². The molecular weight excluding hydrogens is 268 g/mol. The number of rotatable bonds is 4. The van der Waals surface area contributed by atoms with Gasteiger partial charge < -0.3 is 10.2 Å². The molecule has 1 atom stereocenters. The molecule has 0 aliphatic carbocycles. The Hall–Kier alpha value is -2.76. The van der Waals surface area contributed by atoms with Crippen molar-refractivity contribution >= 4 is 18.0 Å². The topological polar surface area (TPSA) is 75.2 Å². The van der Waals surface area contributed by atoms with Gasteiger partial charge >= 0.3 is 0 Å². The summed E-state index contributed by atoms with van der Waals surface area (Å²) in [4.78, 5) is 24.9. The van der Waals surface area contributed by atoms with Crippen LogP contribution in [-0.2, 0) is 0 Å². The number of nitrogens with one attached hydrogen (secondary N) is 1. The fraction of sp³-hybridized carbons (Fsp3) is 0.200. The quantitative estimate of drug-likeness (QED) is 0.862. The Morgan fingerprint density at radius 2 is 2.24 bits per heavy atom. The van der Waals surface area contributed by atoms with Gasteiger partial charge in [0, 0.05) is 30.3 Å². The van der Waals surface area contributed by atoms with Crippen LogP contribution in [0, 0.1) is 0 Å². The number of carbonyl (C=O) groups excluding carboxylic acids is 2. The van der Waals surface area contributed by atoms with E-state index in [1.54, 1.807) is 47.5 Å². The third-order valence-electron chi connectivity index (χ3n) is 3.44. The molecule has 6 heteroatoms. The molecule has 21 heavy (non-hydrogen) atoms. The monoisotopic (exact) mass is 282 g/mol. The molecule has 1 fully saturated rings. The van der Waals surface area contributed by atoms with Crippen molar-refractivity contribution < 1.29 is 9.59 Å². The molecular formula is C15H14N4O2. The van der Waals surface area contributed by atoms with Crippen LogP contribution in [0.3, 0.4) is 0 Å². The second-order valence-electron chi connectivity index (χ2n) is 4.80. The summed E-state index contributed by atoms with van der Waals surface area (Å²) >= 11 is 0. The Morgan fingerprint density at radius 3 is 2.90 bits per heavy atom. The summed E-state index contributed by atoms with van der Waals surface area (Å²) in [6.07, 6.45) is 3.10. The molecule has 0 radical (unpaired) electrons. The van der Waals surface area contributed by atoms with E-state index in [4.69, 9.17) is 0 Å². The van der Waals surface area contributed by atoms with Gasteiger partial charge in [0.05, 0.1) is 0 Å². The summed E-state index contributed by atoms with van der Waals surface area (Å²) in [5.41, 5.74) is 1.02. The van der Waals surface area contributed by atoms with Crippen LogP contribution in [0.1, 0.15) is 27.1 Å². The van der Waals surface area contributed by atoms with E-state index in [2.05, 4.69) is 15.5 Å². The lowest BCUT2D eigenvalue weighted by Crippen LogP contribution is -2.55. The molecule has 0 spiro atoms. The van der Waals surface area contributed by atoms with Gasteiger partial charge in [0.2, 0.25) is 0 Å². The fourth-order valence-electron chi connectivity index (χ4n) is 2.24. The highest BCUT2D eigenvalue weighted by Gasteiger charge is 2.32. The van der Waals surface area contributed by atoms with E-state index >= 15 is 0 Å². The standard InChI is InChI=1S/C15H14N4O2/c20-10-11-3-1-4-12(9-11)15(21)19-8-6-14(19)17-13-5-2-7-16-18-13/h1-5,7,9-10,14H,6,8H2,(H,17,18). The van der Waals surface area contributed by atoms with Gasteiger partial charge in [-0.05, 0) is 24.3 Å². The highest BCUT2D eigenvalue weighted by Crippen LogP contribution is 2.22. The van der Waals surface area contributed by atoms with Crippen molar-refractivity contribution in [2.75, 3.05) is 11.9 Å². The molecule has 2 aromatic rings. The Kier molecular flexibility index (Phi) is 3.59. The summed E-state index contributed by atoms with van der Waals surface area (Å²) in [7, 11) is 0. The average molecular weight is 282 g/mol. The predicted octanol–water partition coefficient (Wildman–Crippen LogP) is 1.57. The molecule has 3 rings (SSSR count). The van der Waals surface area contributed by atoms with Crippen LogP contribution in [0.25, 0.3) is 0 Å². The van der Waals surface area contributed by atoms with Crippen LogP contribution in [0.4, 0.5) is 5.82 Å². The number of hydrogen-bond acceptors (Lipinski definition) is 5. The van der Waals surface area contributed by atoms with Gasteiger partial charge in [0.15, 0.2) is 0 Å². The minimum atomic E-state index is -0.0914. The molecule has 2 heterocycles. The SMILES string of the molecule is O=Cc1cccc(C(=O)N2CCC2Nc2cccnn2)c1. The number of carbonyl (C=O) groups is 2. The van der Waals surface area contributed by atoms with Crippen molar-refractivity contribution in [3.63, 3.8) is 0 Å². The smallest absolute Gasteiger partial charge is 0.255 e. The van der Waals surface area contributed by atoms with Gasteiger partial charge in [0.1, 0.15) is 18.3 Å². The molecule has 106 valence electrons. The molecule has 1 saturated heterocycles. The number of hydrogen-bond donors (Lipinski definition) is 1. The van der Waals surface area contributed by atoms with Crippen molar-refractivity contribution in [1.29, 1.82) is 0 Å². The first-order valence-corrected chi connectivity index (χ1v) is 6.68. The number of aldehydes is 1. The second kappa shape index (κ2) is 5.70. The van der Waals surface area contributed by atoms with Gasteiger partial charge in [-0.3, -0.25) is 9.59 Å². The third-order valence-corrected chi connectivity index (χ3v) is 3.44. The molecule has 6 nitrogen and oxygen atoms in total. The minimum absolute atomic E-state index is 0.0888. The van der Waals surface area contributed by atoms with E-state index in [0.717, 1.165) is 12.7 Å². The van der Waals surface area contributed by atoms with Gasteiger partial charge in [0.25, 0.3) is 5.91 Å². The lowest BCUT2D eigenvalue weighted by atomic mass is 10.1. The molecule has 1 aliphatic rings. The number of likely N-dealkylation sites (tertiary alicyclic amines) is 1. The Labute approximate surface area is 121 Å². The Bertz CT molecular complexity index is 660. The van der Waals surface area contributed by atoms with E-state index in [-0.39, 0.29) is 12.1 Å². The first-order chi connectivity index (χ1) is 10.3. The third kappa shape index (κ3) is 2.74. The molecule has 1 aliphatic heterocycles. The van der Waals surface area contributed by atoms with Crippen molar-refractivity contribution in [2.24, 2.45) is 0 Å². The largest absolute Gasteiger partial charge is 0.348 e. The maximum absolute atomic E-state index is 12.4. The average Bonchev–Trinajstić information content (AvgIpc) is 2.52. The Morgan fingerprint density at radius 1 is 1.33 bits per heavy atom. The fourth-order valence-corrected chi connectivity index (χ4v) is 2.24. The molecule has 1 unspecified atom stereocenters.